The topological polar surface area (TPSA) is 50.2 Å². The summed E-state index contributed by atoms with van der Waals surface area (Å²) in [4.78, 5) is 16.4. The molecular formula is C16H17NO2S. The highest BCUT2D eigenvalue weighted by Crippen LogP contribution is 2.38. The van der Waals surface area contributed by atoms with Crippen LogP contribution in [0.2, 0.25) is 0 Å². The van der Waals surface area contributed by atoms with Crippen LogP contribution in [-0.4, -0.2) is 20.8 Å². The van der Waals surface area contributed by atoms with Crippen molar-refractivity contribution in [2.45, 2.75) is 30.4 Å². The van der Waals surface area contributed by atoms with Crippen LogP contribution in [0.4, 0.5) is 0 Å². The lowest BCUT2D eigenvalue weighted by Crippen LogP contribution is -2.27. The van der Waals surface area contributed by atoms with Crippen molar-refractivity contribution in [3.8, 4) is 11.1 Å². The first kappa shape index (κ1) is 14.6. The summed E-state index contributed by atoms with van der Waals surface area (Å²) < 4.78 is -0.874. The van der Waals surface area contributed by atoms with E-state index >= 15 is 0 Å². The van der Waals surface area contributed by atoms with Crippen LogP contribution in [0.5, 0.6) is 0 Å². The van der Waals surface area contributed by atoms with Crippen LogP contribution in [-0.2, 0) is 4.79 Å². The fourth-order valence-corrected chi connectivity index (χ4v) is 2.79. The fraction of sp³-hybridized carbons (Fsp3) is 0.250. The molecule has 20 heavy (non-hydrogen) atoms. The molecule has 0 aliphatic carbocycles. The highest BCUT2D eigenvalue weighted by atomic mass is 32.2. The molecule has 1 aromatic carbocycles. The number of carboxylic acids is 1. The van der Waals surface area contributed by atoms with Crippen molar-refractivity contribution in [2.24, 2.45) is 0 Å². The monoisotopic (exact) mass is 287 g/mol. The van der Waals surface area contributed by atoms with E-state index in [9.17, 15) is 9.90 Å². The van der Waals surface area contributed by atoms with Gasteiger partial charge in [0.15, 0.2) is 0 Å². The minimum Gasteiger partial charge on any atom is -0.480 e. The molecule has 0 unspecified atom stereocenters. The molecular weight excluding hydrogens is 270 g/mol. The van der Waals surface area contributed by atoms with Crippen LogP contribution in [0.15, 0.2) is 47.6 Å². The zero-order valence-electron chi connectivity index (χ0n) is 11.8. The zero-order chi connectivity index (χ0) is 14.8. The minimum absolute atomic E-state index is 0.825. The smallest absolute Gasteiger partial charge is 0.319 e. The molecule has 0 spiro atoms. The molecule has 0 amide bonds. The number of benzene rings is 1. The molecule has 4 heteroatoms. The number of thioether (sulfide) groups is 1. The molecule has 3 nitrogen and oxygen atoms in total. The van der Waals surface area contributed by atoms with Crippen LogP contribution < -0.4 is 0 Å². The van der Waals surface area contributed by atoms with E-state index in [2.05, 4.69) is 4.98 Å². The van der Waals surface area contributed by atoms with E-state index in [1.807, 2.05) is 37.3 Å². The van der Waals surface area contributed by atoms with E-state index in [4.69, 9.17) is 0 Å². The zero-order valence-corrected chi connectivity index (χ0v) is 12.6. The molecule has 0 saturated carbocycles. The Morgan fingerprint density at radius 1 is 1.20 bits per heavy atom. The molecule has 0 aliphatic heterocycles. The van der Waals surface area contributed by atoms with Gasteiger partial charge in [0.2, 0.25) is 0 Å². The molecule has 1 N–H and O–H groups in total. The molecule has 0 atom stereocenters. The third-order valence-electron chi connectivity index (χ3n) is 3.02. The van der Waals surface area contributed by atoms with E-state index in [0.717, 1.165) is 16.0 Å². The average Bonchev–Trinajstić information content (AvgIpc) is 2.40. The van der Waals surface area contributed by atoms with Gasteiger partial charge in [0.1, 0.15) is 4.75 Å². The van der Waals surface area contributed by atoms with Crippen molar-refractivity contribution >= 4 is 17.7 Å². The first-order valence-electron chi connectivity index (χ1n) is 6.33. The average molecular weight is 287 g/mol. The molecule has 1 aromatic heterocycles. The predicted octanol–water partition coefficient (Wildman–Crippen LogP) is 4.01. The molecule has 0 bridgehead atoms. The SMILES string of the molecule is Cc1ccc(-c2cnccc2SC(C)(C)C(=O)O)cc1. The van der Waals surface area contributed by atoms with Crippen LogP contribution in [0, 0.1) is 6.92 Å². The van der Waals surface area contributed by atoms with Gasteiger partial charge in [0, 0.05) is 22.9 Å². The number of pyridine rings is 1. The molecule has 0 radical (unpaired) electrons. The van der Waals surface area contributed by atoms with Crippen molar-refractivity contribution in [1.29, 1.82) is 0 Å². The minimum atomic E-state index is -0.874. The Balaban J connectivity index is 2.41. The van der Waals surface area contributed by atoms with E-state index < -0.39 is 10.7 Å². The number of rotatable bonds is 4. The van der Waals surface area contributed by atoms with Crippen LogP contribution in [0.25, 0.3) is 11.1 Å². The highest BCUT2D eigenvalue weighted by molar-refractivity contribution is 8.01. The maximum Gasteiger partial charge on any atom is 0.319 e. The van der Waals surface area contributed by atoms with Gasteiger partial charge in [0.05, 0.1) is 0 Å². The van der Waals surface area contributed by atoms with E-state index in [-0.39, 0.29) is 0 Å². The van der Waals surface area contributed by atoms with Gasteiger partial charge >= 0.3 is 5.97 Å². The van der Waals surface area contributed by atoms with Gasteiger partial charge in [-0.05, 0) is 32.4 Å². The van der Waals surface area contributed by atoms with Gasteiger partial charge in [-0.25, -0.2) is 0 Å². The first-order chi connectivity index (χ1) is 9.40. The Labute approximate surface area is 123 Å². The number of aliphatic carboxylic acids is 1. The van der Waals surface area contributed by atoms with Crippen LogP contribution in [0.3, 0.4) is 0 Å². The normalized spacial score (nSPS) is 11.3. The summed E-state index contributed by atoms with van der Waals surface area (Å²) in [5.74, 6) is -0.825. The summed E-state index contributed by atoms with van der Waals surface area (Å²) in [5.41, 5.74) is 3.21. The molecule has 0 fully saturated rings. The predicted molar refractivity (Wildman–Crippen MR) is 82.0 cm³/mol. The Bertz CT molecular complexity index is 621. The molecule has 0 saturated heterocycles. The molecule has 2 rings (SSSR count). The quantitative estimate of drug-likeness (QED) is 0.863. The second-order valence-electron chi connectivity index (χ2n) is 5.16. The summed E-state index contributed by atoms with van der Waals surface area (Å²) >= 11 is 1.34. The number of carboxylic acid groups (broad SMARTS) is 1. The van der Waals surface area contributed by atoms with Gasteiger partial charge < -0.3 is 5.11 Å². The summed E-state index contributed by atoms with van der Waals surface area (Å²) in [6.45, 7) is 5.45. The lowest BCUT2D eigenvalue weighted by atomic mass is 10.1. The van der Waals surface area contributed by atoms with Crippen molar-refractivity contribution in [2.75, 3.05) is 0 Å². The van der Waals surface area contributed by atoms with E-state index in [0.29, 0.717) is 0 Å². The molecule has 0 aliphatic rings. The standard InChI is InChI=1S/C16H17NO2S/c1-11-4-6-12(7-5-11)13-10-17-9-8-14(13)20-16(2,3)15(18)19/h4-10H,1-3H3,(H,18,19). The lowest BCUT2D eigenvalue weighted by Gasteiger charge is -2.20. The Kier molecular flexibility index (Phi) is 4.14. The summed E-state index contributed by atoms with van der Waals surface area (Å²) in [6, 6.07) is 10.0. The Morgan fingerprint density at radius 2 is 1.85 bits per heavy atom. The Morgan fingerprint density at radius 3 is 2.45 bits per heavy atom. The van der Waals surface area contributed by atoms with Crippen molar-refractivity contribution < 1.29 is 9.90 Å². The maximum absolute atomic E-state index is 11.3. The number of aryl methyl sites for hydroxylation is 1. The second kappa shape index (κ2) is 5.67. The molecule has 104 valence electrons. The van der Waals surface area contributed by atoms with Gasteiger partial charge in [-0.15, -0.1) is 11.8 Å². The second-order valence-corrected chi connectivity index (χ2v) is 6.82. The largest absolute Gasteiger partial charge is 0.480 e. The van der Waals surface area contributed by atoms with E-state index in [1.54, 1.807) is 26.2 Å². The third-order valence-corrected chi connectivity index (χ3v) is 4.28. The first-order valence-corrected chi connectivity index (χ1v) is 7.15. The van der Waals surface area contributed by atoms with Crippen molar-refractivity contribution in [3.63, 3.8) is 0 Å². The number of aromatic nitrogens is 1. The van der Waals surface area contributed by atoms with Gasteiger partial charge in [0.25, 0.3) is 0 Å². The van der Waals surface area contributed by atoms with Crippen molar-refractivity contribution in [1.82, 2.24) is 4.98 Å². The van der Waals surface area contributed by atoms with Gasteiger partial charge in [-0.1, -0.05) is 29.8 Å². The summed E-state index contributed by atoms with van der Waals surface area (Å²) in [6.07, 6.45) is 3.48. The number of nitrogens with zero attached hydrogens (tertiary/aromatic N) is 1. The van der Waals surface area contributed by atoms with Gasteiger partial charge in [-0.2, -0.15) is 0 Å². The number of carbonyl (C=O) groups is 1. The summed E-state index contributed by atoms with van der Waals surface area (Å²) in [7, 11) is 0. The maximum atomic E-state index is 11.3. The number of hydrogen-bond acceptors (Lipinski definition) is 3. The Hall–Kier alpha value is -1.81. The van der Waals surface area contributed by atoms with E-state index in [1.165, 1.54) is 17.3 Å². The third kappa shape index (κ3) is 3.20. The van der Waals surface area contributed by atoms with Crippen LogP contribution in [0.1, 0.15) is 19.4 Å². The van der Waals surface area contributed by atoms with Crippen molar-refractivity contribution in [3.05, 3.63) is 48.3 Å². The fourth-order valence-electron chi connectivity index (χ4n) is 1.74. The molecule has 1 heterocycles. The highest BCUT2D eigenvalue weighted by Gasteiger charge is 2.29. The van der Waals surface area contributed by atoms with Gasteiger partial charge in [-0.3, -0.25) is 9.78 Å². The lowest BCUT2D eigenvalue weighted by molar-refractivity contribution is -0.138. The summed E-state index contributed by atoms with van der Waals surface area (Å²) in [5, 5.41) is 9.26. The molecule has 2 aromatic rings. The number of hydrogen-bond donors (Lipinski definition) is 1. The van der Waals surface area contributed by atoms with Crippen LogP contribution >= 0.6 is 11.8 Å².